The summed E-state index contributed by atoms with van der Waals surface area (Å²) < 4.78 is 33.7. The van der Waals surface area contributed by atoms with Gasteiger partial charge in [0.15, 0.2) is 0 Å². The van der Waals surface area contributed by atoms with Crippen LogP contribution in [0.15, 0.2) is 72.1 Å². The number of carbonyl (C=O) groups excluding carboxylic acids is 2. The van der Waals surface area contributed by atoms with E-state index in [1.807, 2.05) is 24.3 Å². The summed E-state index contributed by atoms with van der Waals surface area (Å²) in [5.41, 5.74) is 0.863. The second-order valence-electron chi connectivity index (χ2n) is 10.3. The molecule has 0 bridgehead atoms. The van der Waals surface area contributed by atoms with E-state index in [1.165, 1.54) is 10.7 Å². The first-order valence-electron chi connectivity index (χ1n) is 13.9. The molecule has 9 heteroatoms. The molecule has 39 heavy (non-hydrogen) atoms. The van der Waals surface area contributed by atoms with Gasteiger partial charge >= 0.3 is 0 Å². The molecule has 2 N–H and O–H groups in total. The predicted molar refractivity (Wildman–Crippen MR) is 151 cm³/mol. The summed E-state index contributed by atoms with van der Waals surface area (Å²) in [5, 5.41) is 6.06. The molecule has 4 rings (SSSR count). The zero-order valence-corrected chi connectivity index (χ0v) is 23.2. The molecular weight excluding hydrogens is 514 g/mol. The fourth-order valence-electron chi connectivity index (χ4n) is 5.32. The quantitative estimate of drug-likeness (QED) is 0.410. The third kappa shape index (κ3) is 7.70. The van der Waals surface area contributed by atoms with Crippen molar-refractivity contribution < 1.29 is 22.7 Å². The Kier molecular flexibility index (Phi) is 10.2. The number of nitrogens with zero attached hydrogens (tertiary/aromatic N) is 1. The number of rotatable bonds is 11. The van der Waals surface area contributed by atoms with E-state index in [1.54, 1.807) is 36.4 Å². The molecule has 1 aliphatic carbocycles. The third-order valence-corrected chi connectivity index (χ3v) is 9.34. The molecular formula is C30H39N3O5S. The smallest absolute Gasteiger partial charge is 0.243 e. The van der Waals surface area contributed by atoms with Crippen LogP contribution < -0.4 is 15.4 Å². The van der Waals surface area contributed by atoms with E-state index in [0.29, 0.717) is 25.2 Å². The SMILES string of the molecule is C=CCOc1ccc(CC(NC(=O)[C@@H]2CCCCN2S(=O)(=O)c2ccccc2)C(=O)NC2CCCCC2)cc1. The number of piperidine rings is 1. The van der Waals surface area contributed by atoms with Gasteiger partial charge in [0.2, 0.25) is 21.8 Å². The highest BCUT2D eigenvalue weighted by Gasteiger charge is 2.39. The van der Waals surface area contributed by atoms with E-state index in [2.05, 4.69) is 17.2 Å². The highest BCUT2D eigenvalue weighted by Crippen LogP contribution is 2.26. The van der Waals surface area contributed by atoms with Crippen LogP contribution in [0, 0.1) is 0 Å². The van der Waals surface area contributed by atoms with Gasteiger partial charge in [0.05, 0.1) is 4.90 Å². The standard InChI is InChI=1S/C30H39N3O5S/c1-2-21-38-25-18-16-23(17-19-25)22-27(29(34)31-24-11-5-3-6-12-24)32-30(35)28-15-9-10-20-33(28)39(36,37)26-13-7-4-8-14-26/h2,4,7-8,13-14,16-19,24,27-28H,1,3,5-6,9-12,15,20-22H2,(H,31,34)(H,32,35)/t27?,28-/m0/s1. The highest BCUT2D eigenvalue weighted by atomic mass is 32.2. The van der Waals surface area contributed by atoms with Gasteiger partial charge in [0.25, 0.3) is 0 Å². The Morgan fingerprint density at radius 2 is 1.67 bits per heavy atom. The van der Waals surface area contributed by atoms with Crippen molar-refractivity contribution in [3.05, 3.63) is 72.8 Å². The molecule has 8 nitrogen and oxygen atoms in total. The van der Waals surface area contributed by atoms with Crippen molar-refractivity contribution >= 4 is 21.8 Å². The summed E-state index contributed by atoms with van der Waals surface area (Å²) in [6.07, 6.45) is 8.94. The Morgan fingerprint density at radius 3 is 2.36 bits per heavy atom. The number of benzene rings is 2. The largest absolute Gasteiger partial charge is 0.490 e. The summed E-state index contributed by atoms with van der Waals surface area (Å²) in [5.74, 6) is 0.00862. The van der Waals surface area contributed by atoms with Crippen LogP contribution in [0.1, 0.15) is 56.9 Å². The van der Waals surface area contributed by atoms with Gasteiger partial charge in [-0.3, -0.25) is 9.59 Å². The van der Waals surface area contributed by atoms with Gasteiger partial charge in [-0.1, -0.05) is 68.7 Å². The topological polar surface area (TPSA) is 105 Å². The fourth-order valence-corrected chi connectivity index (χ4v) is 7.00. The van der Waals surface area contributed by atoms with Crippen molar-refractivity contribution in [3.63, 3.8) is 0 Å². The van der Waals surface area contributed by atoms with Gasteiger partial charge in [0.1, 0.15) is 24.4 Å². The van der Waals surface area contributed by atoms with Gasteiger partial charge in [-0.15, -0.1) is 0 Å². The normalized spacial score (nSPS) is 19.5. The lowest BCUT2D eigenvalue weighted by Crippen LogP contribution is -2.57. The number of ether oxygens (including phenoxy) is 1. The fraction of sp³-hybridized carbons (Fsp3) is 0.467. The lowest BCUT2D eigenvalue weighted by Gasteiger charge is -2.34. The van der Waals surface area contributed by atoms with E-state index >= 15 is 0 Å². The van der Waals surface area contributed by atoms with Crippen molar-refractivity contribution in [1.29, 1.82) is 0 Å². The maximum Gasteiger partial charge on any atom is 0.243 e. The van der Waals surface area contributed by atoms with E-state index in [9.17, 15) is 18.0 Å². The van der Waals surface area contributed by atoms with Crippen LogP contribution in [0.4, 0.5) is 0 Å². The molecule has 1 saturated heterocycles. The van der Waals surface area contributed by atoms with E-state index in [4.69, 9.17) is 4.74 Å². The minimum atomic E-state index is -3.86. The Hall–Kier alpha value is -3.17. The lowest BCUT2D eigenvalue weighted by molar-refractivity contribution is -0.132. The maximum atomic E-state index is 13.6. The minimum absolute atomic E-state index is 0.0879. The maximum absolute atomic E-state index is 13.6. The Balaban J connectivity index is 1.52. The zero-order chi connectivity index (χ0) is 27.7. The molecule has 2 amide bonds. The summed E-state index contributed by atoms with van der Waals surface area (Å²) in [7, 11) is -3.86. The van der Waals surface area contributed by atoms with Gasteiger partial charge < -0.3 is 15.4 Å². The molecule has 2 aromatic carbocycles. The summed E-state index contributed by atoms with van der Waals surface area (Å²) in [6.45, 7) is 4.31. The molecule has 2 atom stereocenters. The number of carbonyl (C=O) groups is 2. The summed E-state index contributed by atoms with van der Waals surface area (Å²) >= 11 is 0. The number of sulfonamides is 1. The molecule has 2 aliphatic rings. The molecule has 1 unspecified atom stereocenters. The highest BCUT2D eigenvalue weighted by molar-refractivity contribution is 7.89. The van der Waals surface area contributed by atoms with Crippen LogP contribution in [-0.2, 0) is 26.0 Å². The van der Waals surface area contributed by atoms with Crippen LogP contribution in [0.5, 0.6) is 5.75 Å². The number of hydrogen-bond donors (Lipinski definition) is 2. The molecule has 1 heterocycles. The Morgan fingerprint density at radius 1 is 0.974 bits per heavy atom. The molecule has 0 aromatic heterocycles. The summed E-state index contributed by atoms with van der Waals surface area (Å²) in [6, 6.07) is 14.0. The molecule has 210 valence electrons. The van der Waals surface area contributed by atoms with Crippen LogP contribution in [0.25, 0.3) is 0 Å². The van der Waals surface area contributed by atoms with Gasteiger partial charge in [-0.2, -0.15) is 4.31 Å². The lowest BCUT2D eigenvalue weighted by atomic mass is 9.95. The Bertz CT molecular complexity index is 1210. The van der Waals surface area contributed by atoms with Crippen molar-refractivity contribution in [3.8, 4) is 5.75 Å². The third-order valence-electron chi connectivity index (χ3n) is 7.42. The molecule has 1 saturated carbocycles. The molecule has 0 spiro atoms. The number of amides is 2. The monoisotopic (exact) mass is 553 g/mol. The summed E-state index contributed by atoms with van der Waals surface area (Å²) in [4.78, 5) is 27.2. The predicted octanol–water partition coefficient (Wildman–Crippen LogP) is 3.97. The zero-order valence-electron chi connectivity index (χ0n) is 22.4. The van der Waals surface area contributed by atoms with Gasteiger partial charge in [-0.05, 0) is 55.5 Å². The minimum Gasteiger partial charge on any atom is -0.490 e. The van der Waals surface area contributed by atoms with E-state index < -0.39 is 28.0 Å². The second kappa shape index (κ2) is 13.8. The molecule has 1 aliphatic heterocycles. The van der Waals surface area contributed by atoms with Gasteiger partial charge in [0, 0.05) is 19.0 Å². The Labute approximate surface area is 231 Å². The first-order chi connectivity index (χ1) is 18.9. The molecule has 2 fully saturated rings. The molecule has 0 radical (unpaired) electrons. The first kappa shape index (κ1) is 28.8. The van der Waals surface area contributed by atoms with Crippen LogP contribution in [-0.4, -0.2) is 55.8 Å². The first-order valence-corrected chi connectivity index (χ1v) is 15.3. The van der Waals surface area contributed by atoms with Crippen molar-refractivity contribution in [1.82, 2.24) is 14.9 Å². The van der Waals surface area contributed by atoms with Crippen LogP contribution in [0.2, 0.25) is 0 Å². The second-order valence-corrected chi connectivity index (χ2v) is 12.2. The van der Waals surface area contributed by atoms with Crippen LogP contribution >= 0.6 is 0 Å². The van der Waals surface area contributed by atoms with Crippen molar-refractivity contribution in [2.45, 2.75) is 80.8 Å². The average Bonchev–Trinajstić information content (AvgIpc) is 2.97. The van der Waals surface area contributed by atoms with Crippen molar-refractivity contribution in [2.75, 3.05) is 13.2 Å². The van der Waals surface area contributed by atoms with Gasteiger partial charge in [-0.25, -0.2) is 8.42 Å². The number of hydrogen-bond acceptors (Lipinski definition) is 5. The van der Waals surface area contributed by atoms with E-state index in [0.717, 1.165) is 37.7 Å². The van der Waals surface area contributed by atoms with Crippen molar-refractivity contribution in [2.24, 2.45) is 0 Å². The van der Waals surface area contributed by atoms with E-state index in [-0.39, 0.29) is 29.8 Å². The average molecular weight is 554 g/mol. The van der Waals surface area contributed by atoms with Crippen LogP contribution in [0.3, 0.4) is 0 Å². The number of nitrogens with one attached hydrogen (secondary N) is 2. The molecule has 2 aromatic rings.